The fraction of sp³-hybridized carbons (Fsp3) is 0.615. The number of hydrogen-bond donors (Lipinski definition) is 2. The van der Waals surface area contributed by atoms with Gasteiger partial charge in [0.15, 0.2) is 0 Å². The summed E-state index contributed by atoms with van der Waals surface area (Å²) in [5, 5.41) is 12.4. The van der Waals surface area contributed by atoms with Crippen LogP contribution in [-0.4, -0.2) is 16.6 Å². The van der Waals surface area contributed by atoms with Crippen molar-refractivity contribution in [1.29, 1.82) is 0 Å². The summed E-state index contributed by atoms with van der Waals surface area (Å²) in [6.07, 6.45) is 2.37. The Morgan fingerprint density at radius 1 is 1.31 bits per heavy atom. The molecule has 0 atom stereocenters. The van der Waals surface area contributed by atoms with Crippen molar-refractivity contribution >= 4 is 5.82 Å². The first-order valence-electron chi connectivity index (χ1n) is 6.01. The van der Waals surface area contributed by atoms with Gasteiger partial charge in [0.1, 0.15) is 5.82 Å². The van der Waals surface area contributed by atoms with E-state index in [4.69, 9.17) is 5.11 Å². The molecule has 0 radical (unpaired) electrons. The van der Waals surface area contributed by atoms with Crippen LogP contribution in [0.2, 0.25) is 0 Å². The quantitative estimate of drug-likeness (QED) is 0.778. The molecule has 16 heavy (non-hydrogen) atoms. The molecule has 0 fully saturated rings. The van der Waals surface area contributed by atoms with Crippen molar-refractivity contribution in [3.05, 3.63) is 23.4 Å². The molecule has 3 heteroatoms. The van der Waals surface area contributed by atoms with Crippen molar-refractivity contribution < 1.29 is 5.11 Å². The lowest BCUT2D eigenvalue weighted by atomic mass is 10.0. The normalized spacial score (nSPS) is 10.8. The number of aromatic nitrogens is 1. The van der Waals surface area contributed by atoms with Crippen LogP contribution >= 0.6 is 0 Å². The highest BCUT2D eigenvalue weighted by Gasteiger charge is 2.04. The Bertz CT molecular complexity index is 322. The molecule has 1 aromatic rings. The predicted molar refractivity (Wildman–Crippen MR) is 67.5 cm³/mol. The minimum absolute atomic E-state index is 0.0724. The average Bonchev–Trinajstić information content (AvgIpc) is 2.29. The predicted octanol–water partition coefficient (Wildman–Crippen LogP) is 2.73. The lowest BCUT2D eigenvalue weighted by molar-refractivity contribution is 0.281. The summed E-state index contributed by atoms with van der Waals surface area (Å²) >= 11 is 0. The monoisotopic (exact) mass is 222 g/mol. The van der Waals surface area contributed by atoms with Crippen LogP contribution in [0.5, 0.6) is 0 Å². The maximum atomic E-state index is 9.10. The maximum Gasteiger partial charge on any atom is 0.126 e. The van der Waals surface area contributed by atoms with Gasteiger partial charge in [-0.05, 0) is 30.5 Å². The van der Waals surface area contributed by atoms with Crippen LogP contribution in [-0.2, 0) is 6.61 Å². The van der Waals surface area contributed by atoms with E-state index >= 15 is 0 Å². The Balaban J connectivity index is 2.62. The number of aliphatic hydroxyl groups excluding tert-OH is 1. The van der Waals surface area contributed by atoms with E-state index in [1.165, 1.54) is 12.8 Å². The van der Waals surface area contributed by atoms with E-state index in [-0.39, 0.29) is 6.61 Å². The molecule has 0 aliphatic rings. The molecule has 0 amide bonds. The average molecular weight is 222 g/mol. The van der Waals surface area contributed by atoms with Crippen LogP contribution in [0, 0.1) is 12.8 Å². The van der Waals surface area contributed by atoms with Crippen LogP contribution < -0.4 is 5.32 Å². The molecule has 0 aliphatic heterocycles. The number of rotatable bonds is 6. The summed E-state index contributed by atoms with van der Waals surface area (Å²) in [6.45, 7) is 7.39. The molecule has 0 aliphatic carbocycles. The fourth-order valence-electron chi connectivity index (χ4n) is 1.75. The Labute approximate surface area is 97.9 Å². The standard InChI is InChI=1S/C13H22N2O/c1-4-11(5-2)8-14-13-7-12(9-16)6-10(3)15-13/h6-7,11,16H,4-5,8-9H2,1-3H3,(H,14,15). The third-order valence-electron chi connectivity index (χ3n) is 2.92. The van der Waals surface area contributed by atoms with Crippen LogP contribution in [0.15, 0.2) is 12.1 Å². The molecule has 0 unspecified atom stereocenters. The highest BCUT2D eigenvalue weighted by atomic mass is 16.3. The molecule has 0 saturated heterocycles. The second-order valence-corrected chi connectivity index (χ2v) is 4.22. The van der Waals surface area contributed by atoms with Crippen molar-refractivity contribution in [1.82, 2.24) is 4.98 Å². The zero-order valence-corrected chi connectivity index (χ0v) is 10.5. The number of aliphatic hydroxyl groups is 1. The smallest absolute Gasteiger partial charge is 0.126 e. The summed E-state index contributed by atoms with van der Waals surface area (Å²) in [6, 6.07) is 3.82. The molecule has 1 heterocycles. The zero-order chi connectivity index (χ0) is 12.0. The molecule has 1 aromatic heterocycles. The van der Waals surface area contributed by atoms with Crippen LogP contribution in [0.25, 0.3) is 0 Å². The summed E-state index contributed by atoms with van der Waals surface area (Å²) in [5.41, 5.74) is 1.86. The number of hydrogen-bond acceptors (Lipinski definition) is 3. The lowest BCUT2D eigenvalue weighted by Gasteiger charge is -2.14. The van der Waals surface area contributed by atoms with Crippen LogP contribution in [0.3, 0.4) is 0 Å². The number of nitrogens with one attached hydrogen (secondary N) is 1. The molecule has 0 aromatic carbocycles. The number of nitrogens with zero attached hydrogens (tertiary/aromatic N) is 1. The van der Waals surface area contributed by atoms with Crippen molar-refractivity contribution in [3.8, 4) is 0 Å². The van der Waals surface area contributed by atoms with E-state index in [1.54, 1.807) is 0 Å². The van der Waals surface area contributed by atoms with Gasteiger partial charge in [0.2, 0.25) is 0 Å². The minimum Gasteiger partial charge on any atom is -0.392 e. The fourth-order valence-corrected chi connectivity index (χ4v) is 1.75. The van der Waals surface area contributed by atoms with E-state index < -0.39 is 0 Å². The van der Waals surface area contributed by atoms with Gasteiger partial charge in [-0.3, -0.25) is 0 Å². The Morgan fingerprint density at radius 2 is 2.00 bits per heavy atom. The third-order valence-corrected chi connectivity index (χ3v) is 2.92. The summed E-state index contributed by atoms with van der Waals surface area (Å²) < 4.78 is 0. The van der Waals surface area contributed by atoms with E-state index in [1.807, 2.05) is 19.1 Å². The van der Waals surface area contributed by atoms with Gasteiger partial charge in [-0.2, -0.15) is 0 Å². The third kappa shape index (κ3) is 3.81. The number of anilines is 1. The second kappa shape index (κ2) is 6.48. The van der Waals surface area contributed by atoms with Crippen molar-refractivity contribution in [3.63, 3.8) is 0 Å². The van der Waals surface area contributed by atoms with Gasteiger partial charge in [0.25, 0.3) is 0 Å². The van der Waals surface area contributed by atoms with Gasteiger partial charge < -0.3 is 10.4 Å². The van der Waals surface area contributed by atoms with Gasteiger partial charge in [-0.15, -0.1) is 0 Å². The Kier molecular flexibility index (Phi) is 5.26. The molecule has 90 valence electrons. The molecule has 0 spiro atoms. The number of aryl methyl sites for hydroxylation is 1. The molecule has 0 bridgehead atoms. The van der Waals surface area contributed by atoms with Crippen LogP contribution in [0.4, 0.5) is 5.82 Å². The lowest BCUT2D eigenvalue weighted by Crippen LogP contribution is -2.14. The first kappa shape index (κ1) is 13.0. The highest BCUT2D eigenvalue weighted by molar-refractivity contribution is 5.39. The van der Waals surface area contributed by atoms with Crippen molar-refractivity contribution in [2.45, 2.75) is 40.2 Å². The summed E-state index contributed by atoms with van der Waals surface area (Å²) in [7, 11) is 0. The number of pyridine rings is 1. The first-order valence-corrected chi connectivity index (χ1v) is 6.01. The van der Waals surface area contributed by atoms with Gasteiger partial charge in [-0.25, -0.2) is 4.98 Å². The van der Waals surface area contributed by atoms with Gasteiger partial charge in [0.05, 0.1) is 6.61 Å². The van der Waals surface area contributed by atoms with Gasteiger partial charge in [-0.1, -0.05) is 26.7 Å². The Morgan fingerprint density at radius 3 is 2.56 bits per heavy atom. The molecule has 3 nitrogen and oxygen atoms in total. The Hall–Kier alpha value is -1.09. The molecule has 2 N–H and O–H groups in total. The largest absolute Gasteiger partial charge is 0.392 e. The van der Waals surface area contributed by atoms with Crippen molar-refractivity contribution in [2.24, 2.45) is 5.92 Å². The van der Waals surface area contributed by atoms with Crippen LogP contribution in [0.1, 0.15) is 37.9 Å². The summed E-state index contributed by atoms with van der Waals surface area (Å²) in [4.78, 5) is 4.40. The molecular weight excluding hydrogens is 200 g/mol. The maximum absolute atomic E-state index is 9.10. The van der Waals surface area contributed by atoms with Gasteiger partial charge >= 0.3 is 0 Å². The molecule has 0 saturated carbocycles. The van der Waals surface area contributed by atoms with Crippen molar-refractivity contribution in [2.75, 3.05) is 11.9 Å². The van der Waals surface area contributed by atoms with E-state index in [0.29, 0.717) is 5.92 Å². The highest BCUT2D eigenvalue weighted by Crippen LogP contribution is 2.13. The van der Waals surface area contributed by atoms with E-state index in [0.717, 1.165) is 23.6 Å². The summed E-state index contributed by atoms with van der Waals surface area (Å²) in [5.74, 6) is 1.57. The van der Waals surface area contributed by atoms with Gasteiger partial charge in [0, 0.05) is 12.2 Å². The SMILES string of the molecule is CCC(CC)CNc1cc(CO)cc(C)n1. The van der Waals surface area contributed by atoms with E-state index in [9.17, 15) is 0 Å². The second-order valence-electron chi connectivity index (χ2n) is 4.22. The minimum atomic E-state index is 0.0724. The topological polar surface area (TPSA) is 45.1 Å². The molecule has 1 rings (SSSR count). The zero-order valence-electron chi connectivity index (χ0n) is 10.5. The molecular formula is C13H22N2O. The first-order chi connectivity index (χ1) is 7.69. The van der Waals surface area contributed by atoms with E-state index in [2.05, 4.69) is 24.1 Å².